The predicted octanol–water partition coefficient (Wildman–Crippen LogP) is 3.09. The van der Waals surface area contributed by atoms with Gasteiger partial charge in [0.25, 0.3) is 5.69 Å². The fourth-order valence-electron chi connectivity index (χ4n) is 2.79. The summed E-state index contributed by atoms with van der Waals surface area (Å²) in [6.45, 7) is 3.51. The number of benzene rings is 2. The maximum absolute atomic E-state index is 13.0. The van der Waals surface area contributed by atoms with Gasteiger partial charge in [-0.2, -0.15) is 0 Å². The monoisotopic (exact) mass is 408 g/mol. The van der Waals surface area contributed by atoms with Crippen molar-refractivity contribution in [1.82, 2.24) is 4.31 Å². The Bertz CT molecular complexity index is 988. The Labute approximate surface area is 164 Å². The van der Waals surface area contributed by atoms with Crippen LogP contribution < -0.4 is 9.47 Å². The fourth-order valence-corrected chi connectivity index (χ4v) is 4.28. The molecule has 0 aliphatic carbocycles. The van der Waals surface area contributed by atoms with E-state index in [1.807, 2.05) is 6.07 Å². The highest BCUT2D eigenvalue weighted by Crippen LogP contribution is 2.29. The van der Waals surface area contributed by atoms with Crippen molar-refractivity contribution in [2.75, 3.05) is 27.8 Å². The SMILES string of the molecule is COc1ccc(CCN(C)S(=O)(=O)c2cc([N+](=O)[O-])cc(C)c2C)cc1OC. The molecule has 0 aliphatic rings. The van der Waals surface area contributed by atoms with Crippen molar-refractivity contribution >= 4 is 15.7 Å². The van der Waals surface area contributed by atoms with Crippen molar-refractivity contribution in [1.29, 1.82) is 0 Å². The van der Waals surface area contributed by atoms with Gasteiger partial charge >= 0.3 is 0 Å². The smallest absolute Gasteiger partial charge is 0.271 e. The molecule has 0 aliphatic heterocycles. The average Bonchev–Trinajstić information content (AvgIpc) is 2.67. The predicted molar refractivity (Wildman–Crippen MR) is 106 cm³/mol. The lowest BCUT2D eigenvalue weighted by molar-refractivity contribution is -0.385. The number of nitrogens with zero attached hydrogens (tertiary/aromatic N) is 2. The van der Waals surface area contributed by atoms with Crippen molar-refractivity contribution in [2.45, 2.75) is 25.2 Å². The summed E-state index contributed by atoms with van der Waals surface area (Å²) in [4.78, 5) is 10.5. The van der Waals surface area contributed by atoms with Crippen molar-refractivity contribution in [3.8, 4) is 11.5 Å². The quantitative estimate of drug-likeness (QED) is 0.492. The van der Waals surface area contributed by atoms with E-state index in [0.717, 1.165) is 11.6 Å². The normalized spacial score (nSPS) is 11.5. The number of rotatable bonds is 8. The van der Waals surface area contributed by atoms with Crippen LogP contribution in [0.1, 0.15) is 16.7 Å². The molecule has 0 N–H and O–H groups in total. The first-order valence-electron chi connectivity index (χ1n) is 8.54. The van der Waals surface area contributed by atoms with Gasteiger partial charge in [-0.15, -0.1) is 0 Å². The van der Waals surface area contributed by atoms with Crippen molar-refractivity contribution in [3.05, 3.63) is 57.1 Å². The molecule has 152 valence electrons. The molecule has 2 rings (SSSR count). The van der Waals surface area contributed by atoms with E-state index in [0.29, 0.717) is 29.0 Å². The lowest BCUT2D eigenvalue weighted by atomic mass is 10.1. The van der Waals surface area contributed by atoms with E-state index in [9.17, 15) is 18.5 Å². The first kappa shape index (κ1) is 21.6. The number of hydrogen-bond acceptors (Lipinski definition) is 6. The number of nitro groups is 1. The van der Waals surface area contributed by atoms with Gasteiger partial charge in [-0.3, -0.25) is 10.1 Å². The molecular weight excluding hydrogens is 384 g/mol. The van der Waals surface area contributed by atoms with Gasteiger partial charge in [-0.05, 0) is 49.1 Å². The second-order valence-corrected chi connectivity index (χ2v) is 8.42. The van der Waals surface area contributed by atoms with Crippen LogP contribution in [0.4, 0.5) is 5.69 Å². The van der Waals surface area contributed by atoms with Gasteiger partial charge in [-0.1, -0.05) is 6.07 Å². The molecule has 9 heteroatoms. The molecule has 0 aromatic heterocycles. The molecule has 0 bridgehead atoms. The zero-order valence-corrected chi connectivity index (χ0v) is 17.4. The second kappa shape index (κ2) is 8.57. The zero-order chi connectivity index (χ0) is 21.1. The van der Waals surface area contributed by atoms with E-state index >= 15 is 0 Å². The Morgan fingerprint density at radius 1 is 1.07 bits per heavy atom. The number of nitro benzene ring substituents is 1. The summed E-state index contributed by atoms with van der Waals surface area (Å²) in [6.07, 6.45) is 0.447. The van der Waals surface area contributed by atoms with E-state index in [1.165, 1.54) is 24.5 Å². The van der Waals surface area contributed by atoms with Crippen molar-refractivity contribution in [3.63, 3.8) is 0 Å². The van der Waals surface area contributed by atoms with E-state index in [-0.39, 0.29) is 17.1 Å². The van der Waals surface area contributed by atoms with Crippen LogP contribution >= 0.6 is 0 Å². The molecule has 0 atom stereocenters. The van der Waals surface area contributed by atoms with E-state index < -0.39 is 14.9 Å². The summed E-state index contributed by atoms with van der Waals surface area (Å²) in [5, 5.41) is 11.1. The molecule has 0 saturated heterocycles. The maximum Gasteiger partial charge on any atom is 0.271 e. The Morgan fingerprint density at radius 3 is 2.29 bits per heavy atom. The van der Waals surface area contributed by atoms with Crippen LogP contribution in [0.3, 0.4) is 0 Å². The van der Waals surface area contributed by atoms with E-state index in [2.05, 4.69) is 0 Å². The Kier molecular flexibility index (Phi) is 6.63. The Balaban J connectivity index is 2.27. The minimum atomic E-state index is -3.87. The number of hydrogen-bond donors (Lipinski definition) is 0. The van der Waals surface area contributed by atoms with Gasteiger partial charge in [0.05, 0.1) is 24.0 Å². The number of sulfonamides is 1. The highest BCUT2D eigenvalue weighted by Gasteiger charge is 2.26. The topological polar surface area (TPSA) is 99.0 Å². The van der Waals surface area contributed by atoms with Crippen LogP contribution in [-0.4, -0.2) is 45.5 Å². The third kappa shape index (κ3) is 4.42. The first-order valence-corrected chi connectivity index (χ1v) is 9.98. The third-order valence-electron chi connectivity index (χ3n) is 4.67. The third-order valence-corrected chi connectivity index (χ3v) is 6.65. The van der Waals surface area contributed by atoms with E-state index in [1.54, 1.807) is 33.1 Å². The second-order valence-electron chi connectivity index (χ2n) is 6.41. The van der Waals surface area contributed by atoms with Crippen LogP contribution in [-0.2, 0) is 16.4 Å². The molecular formula is C19H24N2O6S. The number of non-ortho nitro benzene ring substituents is 1. The van der Waals surface area contributed by atoms with Gasteiger partial charge in [0.2, 0.25) is 10.0 Å². The van der Waals surface area contributed by atoms with Crippen LogP contribution in [0.15, 0.2) is 35.2 Å². The summed E-state index contributed by atoms with van der Waals surface area (Å²) in [5.74, 6) is 1.16. The van der Waals surface area contributed by atoms with Crippen LogP contribution in [0.5, 0.6) is 11.5 Å². The summed E-state index contributed by atoms with van der Waals surface area (Å²) in [7, 11) is 0.664. The van der Waals surface area contributed by atoms with Crippen LogP contribution in [0, 0.1) is 24.0 Å². The lowest BCUT2D eigenvalue weighted by Crippen LogP contribution is -2.29. The maximum atomic E-state index is 13.0. The molecule has 0 unspecified atom stereocenters. The molecule has 0 heterocycles. The van der Waals surface area contributed by atoms with Gasteiger partial charge in [-0.25, -0.2) is 12.7 Å². The largest absolute Gasteiger partial charge is 0.493 e. The molecule has 2 aromatic carbocycles. The van der Waals surface area contributed by atoms with Crippen molar-refractivity contribution < 1.29 is 22.8 Å². The lowest BCUT2D eigenvalue weighted by Gasteiger charge is -2.19. The molecule has 0 spiro atoms. The summed E-state index contributed by atoms with van der Waals surface area (Å²) in [6, 6.07) is 7.88. The highest BCUT2D eigenvalue weighted by atomic mass is 32.2. The fraction of sp³-hybridized carbons (Fsp3) is 0.368. The molecule has 0 radical (unpaired) electrons. The van der Waals surface area contributed by atoms with Gasteiger partial charge in [0.1, 0.15) is 0 Å². The molecule has 0 amide bonds. The first-order chi connectivity index (χ1) is 13.1. The number of methoxy groups -OCH3 is 2. The Hall–Kier alpha value is -2.65. The summed E-state index contributed by atoms with van der Waals surface area (Å²) in [5.41, 5.74) is 1.70. The standard InChI is InChI=1S/C19H24N2O6S/c1-13-10-16(21(22)23)12-19(14(13)2)28(24,25)20(3)9-8-15-6-7-17(26-4)18(11-15)27-5/h6-7,10-12H,8-9H2,1-5H3. The molecule has 8 nitrogen and oxygen atoms in total. The molecule has 28 heavy (non-hydrogen) atoms. The summed E-state index contributed by atoms with van der Waals surface area (Å²) < 4.78 is 37.6. The van der Waals surface area contributed by atoms with Crippen molar-refractivity contribution in [2.24, 2.45) is 0 Å². The average molecular weight is 408 g/mol. The number of aryl methyl sites for hydroxylation is 1. The van der Waals surface area contributed by atoms with Gasteiger partial charge in [0, 0.05) is 25.7 Å². The number of likely N-dealkylation sites (N-methyl/N-ethyl adjacent to an activating group) is 1. The Morgan fingerprint density at radius 2 is 1.71 bits per heavy atom. The minimum absolute atomic E-state index is 0.0472. The molecule has 2 aromatic rings. The van der Waals surface area contributed by atoms with Crippen LogP contribution in [0.25, 0.3) is 0 Å². The molecule has 0 fully saturated rings. The minimum Gasteiger partial charge on any atom is -0.493 e. The van der Waals surface area contributed by atoms with Gasteiger partial charge in [0.15, 0.2) is 11.5 Å². The van der Waals surface area contributed by atoms with E-state index in [4.69, 9.17) is 9.47 Å². The van der Waals surface area contributed by atoms with Gasteiger partial charge < -0.3 is 9.47 Å². The highest BCUT2D eigenvalue weighted by molar-refractivity contribution is 7.89. The summed E-state index contributed by atoms with van der Waals surface area (Å²) >= 11 is 0. The van der Waals surface area contributed by atoms with Crippen LogP contribution in [0.2, 0.25) is 0 Å². The molecule has 0 saturated carbocycles. The zero-order valence-electron chi connectivity index (χ0n) is 16.6. The number of ether oxygens (including phenoxy) is 2.